The maximum Gasteiger partial charge on any atom is 0.348 e. The van der Waals surface area contributed by atoms with Crippen LogP contribution in [0.15, 0.2) is 23.4 Å². The van der Waals surface area contributed by atoms with Gasteiger partial charge < -0.3 is 14.8 Å². The van der Waals surface area contributed by atoms with Crippen molar-refractivity contribution in [2.45, 2.75) is 19.0 Å². The summed E-state index contributed by atoms with van der Waals surface area (Å²) in [5.74, 6) is 0.141. The number of nitriles is 1. The number of carbonyl (C=O) groups is 2. The molecule has 1 aromatic carbocycles. The lowest BCUT2D eigenvalue weighted by Gasteiger charge is -2.05. The summed E-state index contributed by atoms with van der Waals surface area (Å²) in [5.41, 5.74) is 1.36. The lowest BCUT2D eigenvalue weighted by atomic mass is 10.2. The van der Waals surface area contributed by atoms with Crippen LogP contribution in [0.4, 0.5) is 5.00 Å². The van der Waals surface area contributed by atoms with Gasteiger partial charge >= 0.3 is 5.97 Å². The molecule has 0 aliphatic carbocycles. The molecule has 0 atom stereocenters. The van der Waals surface area contributed by atoms with Crippen molar-refractivity contribution >= 4 is 51.6 Å². The van der Waals surface area contributed by atoms with Gasteiger partial charge in [0.25, 0.3) is 0 Å². The highest BCUT2D eigenvalue weighted by molar-refractivity contribution is 7.99. The molecule has 166 valence electrons. The number of aromatic nitrogens is 3. The van der Waals surface area contributed by atoms with Crippen molar-refractivity contribution in [3.05, 3.63) is 39.2 Å². The van der Waals surface area contributed by atoms with Crippen molar-refractivity contribution in [3.63, 3.8) is 0 Å². The zero-order valence-corrected chi connectivity index (χ0v) is 19.7. The minimum absolute atomic E-state index is 0.000526. The third-order valence-electron chi connectivity index (χ3n) is 4.19. The summed E-state index contributed by atoms with van der Waals surface area (Å²) in [6.45, 7) is 3.56. The van der Waals surface area contributed by atoms with Gasteiger partial charge in [0, 0.05) is 5.02 Å². The molecule has 2 heterocycles. The largest absolute Gasteiger partial charge is 0.496 e. The highest BCUT2D eigenvalue weighted by Crippen LogP contribution is 2.34. The van der Waals surface area contributed by atoms with Gasteiger partial charge in [-0.3, -0.25) is 9.89 Å². The van der Waals surface area contributed by atoms with E-state index in [-0.39, 0.29) is 23.8 Å². The number of amides is 1. The zero-order valence-electron chi connectivity index (χ0n) is 17.3. The summed E-state index contributed by atoms with van der Waals surface area (Å²) in [6, 6.07) is 7.15. The molecule has 3 aromatic rings. The number of halogens is 1. The molecular weight excluding hydrogens is 474 g/mol. The molecule has 9 nitrogen and oxygen atoms in total. The van der Waals surface area contributed by atoms with Crippen LogP contribution in [-0.4, -0.2) is 46.5 Å². The molecule has 0 unspecified atom stereocenters. The number of hydrogen-bond donors (Lipinski definition) is 2. The van der Waals surface area contributed by atoms with Crippen molar-refractivity contribution in [2.75, 3.05) is 24.8 Å². The second-order valence-corrected chi connectivity index (χ2v) is 8.64. The van der Waals surface area contributed by atoms with Crippen LogP contribution in [-0.2, 0) is 9.53 Å². The number of esters is 1. The fourth-order valence-corrected chi connectivity index (χ4v) is 4.55. The molecule has 0 radical (unpaired) electrons. The number of thioether (sulfide) groups is 1. The lowest BCUT2D eigenvalue weighted by Crippen LogP contribution is -2.14. The first-order valence-electron chi connectivity index (χ1n) is 9.27. The van der Waals surface area contributed by atoms with E-state index in [1.807, 2.05) is 6.07 Å². The van der Waals surface area contributed by atoms with E-state index in [0.29, 0.717) is 42.8 Å². The molecule has 0 saturated carbocycles. The smallest absolute Gasteiger partial charge is 0.348 e. The Morgan fingerprint density at radius 1 is 1.41 bits per heavy atom. The Morgan fingerprint density at radius 3 is 2.88 bits per heavy atom. The van der Waals surface area contributed by atoms with Gasteiger partial charge in [-0.25, -0.2) is 9.78 Å². The minimum atomic E-state index is -0.522. The van der Waals surface area contributed by atoms with E-state index < -0.39 is 5.97 Å². The first-order valence-corrected chi connectivity index (χ1v) is 11.5. The number of thiophene rings is 1. The predicted molar refractivity (Wildman–Crippen MR) is 122 cm³/mol. The highest BCUT2D eigenvalue weighted by atomic mass is 35.5. The van der Waals surface area contributed by atoms with Gasteiger partial charge in [0.05, 0.1) is 30.6 Å². The Labute approximate surface area is 197 Å². The van der Waals surface area contributed by atoms with Crippen LogP contribution in [0.25, 0.3) is 11.4 Å². The topological polar surface area (TPSA) is 130 Å². The van der Waals surface area contributed by atoms with Crippen LogP contribution in [0, 0.1) is 18.3 Å². The van der Waals surface area contributed by atoms with Crippen LogP contribution < -0.4 is 10.1 Å². The second kappa shape index (κ2) is 10.5. The summed E-state index contributed by atoms with van der Waals surface area (Å²) >= 11 is 8.18. The maximum atomic E-state index is 12.4. The molecule has 1 amide bonds. The molecule has 0 aliphatic heterocycles. The van der Waals surface area contributed by atoms with Crippen molar-refractivity contribution in [1.82, 2.24) is 15.2 Å². The fraction of sp³-hybridized carbons (Fsp3) is 0.250. The summed E-state index contributed by atoms with van der Waals surface area (Å²) in [5, 5.41) is 20.2. The van der Waals surface area contributed by atoms with Gasteiger partial charge in [-0.05, 0) is 37.6 Å². The third-order valence-corrected chi connectivity index (χ3v) is 6.46. The Kier molecular flexibility index (Phi) is 7.74. The number of ether oxygens (including phenoxy) is 2. The quantitative estimate of drug-likeness (QED) is 0.352. The molecule has 12 heteroatoms. The summed E-state index contributed by atoms with van der Waals surface area (Å²) in [6.07, 6.45) is 0. The molecular formula is C20H18ClN5O4S2. The molecule has 3 rings (SSSR count). The number of hydrogen-bond acceptors (Lipinski definition) is 9. The van der Waals surface area contributed by atoms with Crippen molar-refractivity contribution in [3.8, 4) is 23.2 Å². The summed E-state index contributed by atoms with van der Waals surface area (Å²) in [7, 11) is 1.54. The summed E-state index contributed by atoms with van der Waals surface area (Å²) in [4.78, 5) is 29.2. The monoisotopic (exact) mass is 491 g/mol. The van der Waals surface area contributed by atoms with Gasteiger partial charge in [0.15, 0.2) is 5.82 Å². The minimum Gasteiger partial charge on any atom is -0.496 e. The third kappa shape index (κ3) is 5.21. The van der Waals surface area contributed by atoms with Crippen molar-refractivity contribution < 1.29 is 19.1 Å². The van der Waals surface area contributed by atoms with E-state index in [1.54, 1.807) is 32.0 Å². The SMILES string of the molecule is CCOC(=O)c1sc(NC(=O)CSc2n[nH]c(-c3cc(Cl)ccc3OC)n2)c(C#N)c1C. The van der Waals surface area contributed by atoms with E-state index in [2.05, 4.69) is 20.5 Å². The average molecular weight is 492 g/mol. The molecule has 0 saturated heterocycles. The summed E-state index contributed by atoms with van der Waals surface area (Å²) < 4.78 is 10.3. The van der Waals surface area contributed by atoms with Crippen LogP contribution in [0.5, 0.6) is 5.75 Å². The number of H-pyrrole nitrogens is 1. The van der Waals surface area contributed by atoms with Crippen molar-refractivity contribution in [1.29, 1.82) is 5.26 Å². The Bertz CT molecular complexity index is 1200. The van der Waals surface area contributed by atoms with Gasteiger partial charge in [-0.1, -0.05) is 23.4 Å². The molecule has 0 fully saturated rings. The van der Waals surface area contributed by atoms with Gasteiger partial charge in [-0.2, -0.15) is 5.26 Å². The van der Waals surface area contributed by atoms with Crippen molar-refractivity contribution in [2.24, 2.45) is 0 Å². The molecule has 0 aliphatic rings. The number of benzene rings is 1. The first-order chi connectivity index (χ1) is 15.4. The van der Waals surface area contributed by atoms with Gasteiger partial charge in [-0.15, -0.1) is 16.4 Å². The number of aromatic amines is 1. The number of rotatable bonds is 8. The molecule has 32 heavy (non-hydrogen) atoms. The van der Waals surface area contributed by atoms with Crippen LogP contribution in [0.1, 0.15) is 27.7 Å². The number of nitrogens with one attached hydrogen (secondary N) is 2. The van der Waals surface area contributed by atoms with E-state index in [4.69, 9.17) is 21.1 Å². The van der Waals surface area contributed by atoms with E-state index in [1.165, 1.54) is 7.11 Å². The molecule has 0 bridgehead atoms. The predicted octanol–water partition coefficient (Wildman–Crippen LogP) is 4.28. The lowest BCUT2D eigenvalue weighted by molar-refractivity contribution is -0.113. The van der Waals surface area contributed by atoms with Gasteiger partial charge in [0.2, 0.25) is 11.1 Å². The number of carbonyl (C=O) groups excluding carboxylic acids is 2. The number of methoxy groups -OCH3 is 1. The maximum absolute atomic E-state index is 12.4. The second-order valence-electron chi connectivity index (χ2n) is 6.24. The average Bonchev–Trinajstić information content (AvgIpc) is 3.36. The fourth-order valence-electron chi connectivity index (χ4n) is 2.72. The number of anilines is 1. The highest BCUT2D eigenvalue weighted by Gasteiger charge is 2.22. The van der Waals surface area contributed by atoms with E-state index >= 15 is 0 Å². The Hall–Kier alpha value is -3.07. The first kappa shape index (κ1) is 23.6. The standard InChI is InChI=1S/C20H18ClN5O4S2/c1-4-30-19(28)16-10(2)13(8-22)18(32-16)23-15(27)9-31-20-24-17(25-26-20)12-7-11(21)5-6-14(12)29-3/h5-7H,4,9H2,1-3H3,(H,23,27)(H,24,25,26). The van der Waals surface area contributed by atoms with E-state index in [9.17, 15) is 14.9 Å². The van der Waals surface area contributed by atoms with E-state index in [0.717, 1.165) is 23.1 Å². The molecule has 2 aromatic heterocycles. The van der Waals surface area contributed by atoms with Crippen LogP contribution in [0.2, 0.25) is 5.02 Å². The molecule has 2 N–H and O–H groups in total. The molecule has 0 spiro atoms. The normalized spacial score (nSPS) is 10.5. The Morgan fingerprint density at radius 2 is 2.19 bits per heavy atom. The van der Waals surface area contributed by atoms with Gasteiger partial charge in [0.1, 0.15) is 21.7 Å². The number of nitrogens with zero attached hydrogens (tertiary/aromatic N) is 3. The zero-order chi connectivity index (χ0) is 23.3. The van der Waals surface area contributed by atoms with Crippen LogP contribution >= 0.6 is 34.7 Å². The Balaban J connectivity index is 1.68. The van der Waals surface area contributed by atoms with Crippen LogP contribution in [0.3, 0.4) is 0 Å².